The van der Waals surface area contributed by atoms with E-state index >= 15 is 0 Å². The summed E-state index contributed by atoms with van der Waals surface area (Å²) in [7, 11) is -3.22. The Labute approximate surface area is 113 Å². The number of sulfonamides is 1. The quantitative estimate of drug-likeness (QED) is 0.869. The molecule has 1 aliphatic heterocycles. The van der Waals surface area contributed by atoms with E-state index in [1.165, 1.54) is 0 Å². The van der Waals surface area contributed by atoms with Crippen molar-refractivity contribution in [3.8, 4) is 0 Å². The summed E-state index contributed by atoms with van der Waals surface area (Å²) < 4.78 is 24.7. The van der Waals surface area contributed by atoms with Crippen LogP contribution in [0.3, 0.4) is 0 Å². The zero-order valence-corrected chi connectivity index (χ0v) is 11.6. The van der Waals surface area contributed by atoms with E-state index in [0.29, 0.717) is 12.1 Å². The van der Waals surface area contributed by atoms with Gasteiger partial charge in [0.15, 0.2) is 0 Å². The van der Waals surface area contributed by atoms with E-state index in [9.17, 15) is 8.42 Å². The summed E-state index contributed by atoms with van der Waals surface area (Å²) in [6.45, 7) is 1.70. The molecule has 0 aromatic heterocycles. The summed E-state index contributed by atoms with van der Waals surface area (Å²) in [4.78, 5) is 4.30. The van der Waals surface area contributed by atoms with Gasteiger partial charge < -0.3 is 5.32 Å². The van der Waals surface area contributed by atoms with Crippen LogP contribution in [0.1, 0.15) is 5.56 Å². The van der Waals surface area contributed by atoms with Crippen molar-refractivity contribution in [2.24, 2.45) is 4.99 Å². The molecular weight excluding hydrogens is 274 g/mol. The fraction of sp³-hybridized carbons (Fsp3) is 0.364. The molecule has 1 aromatic rings. The number of nitrogens with zero attached hydrogens (tertiary/aromatic N) is 1. The summed E-state index contributed by atoms with van der Waals surface area (Å²) >= 11 is 0. The van der Waals surface area contributed by atoms with Crippen molar-refractivity contribution in [2.75, 3.05) is 24.1 Å². The summed E-state index contributed by atoms with van der Waals surface area (Å²) in [6, 6.07) is 7.34. The van der Waals surface area contributed by atoms with E-state index in [-0.39, 0.29) is 12.4 Å². The van der Waals surface area contributed by atoms with Crippen LogP contribution in [0.4, 0.5) is 5.69 Å². The third-order valence-corrected chi connectivity index (χ3v) is 2.95. The number of amidine groups is 1. The van der Waals surface area contributed by atoms with Gasteiger partial charge in [0.25, 0.3) is 0 Å². The normalized spacial score (nSPS) is 14.4. The van der Waals surface area contributed by atoms with Crippen LogP contribution in [0.25, 0.3) is 0 Å². The predicted molar refractivity (Wildman–Crippen MR) is 76.2 cm³/mol. The number of rotatable bonds is 4. The average Bonchev–Trinajstić information content (AvgIpc) is 2.68. The molecule has 0 saturated carbocycles. The van der Waals surface area contributed by atoms with E-state index in [0.717, 1.165) is 30.7 Å². The molecule has 0 spiro atoms. The van der Waals surface area contributed by atoms with Crippen molar-refractivity contribution in [1.29, 1.82) is 0 Å². The molecule has 7 heteroatoms. The molecule has 1 aromatic carbocycles. The van der Waals surface area contributed by atoms with Gasteiger partial charge in [-0.3, -0.25) is 9.71 Å². The Kier molecular flexibility index (Phi) is 4.98. The Balaban J connectivity index is 0.00000162. The Morgan fingerprint density at radius 2 is 2.22 bits per heavy atom. The third-order valence-electron chi connectivity index (χ3n) is 2.35. The van der Waals surface area contributed by atoms with Crippen LogP contribution < -0.4 is 10.0 Å². The summed E-state index contributed by atoms with van der Waals surface area (Å²) in [6.07, 6.45) is 1.85. The maximum atomic E-state index is 11.1. The second kappa shape index (κ2) is 6.06. The second-order valence-electron chi connectivity index (χ2n) is 4.01. The molecule has 0 bridgehead atoms. The smallest absolute Gasteiger partial charge is 0.229 e. The van der Waals surface area contributed by atoms with Crippen molar-refractivity contribution in [2.45, 2.75) is 6.42 Å². The molecule has 0 radical (unpaired) electrons. The Hall–Kier alpha value is -1.27. The van der Waals surface area contributed by atoms with E-state index in [4.69, 9.17) is 0 Å². The minimum absolute atomic E-state index is 0. The number of hydrogen-bond donors (Lipinski definition) is 2. The Morgan fingerprint density at radius 3 is 2.83 bits per heavy atom. The van der Waals surface area contributed by atoms with Crippen molar-refractivity contribution < 1.29 is 8.42 Å². The molecular formula is C11H16ClN3O2S. The van der Waals surface area contributed by atoms with Gasteiger partial charge >= 0.3 is 0 Å². The maximum Gasteiger partial charge on any atom is 0.229 e. The first kappa shape index (κ1) is 14.8. The minimum Gasteiger partial charge on any atom is -0.372 e. The zero-order valence-electron chi connectivity index (χ0n) is 10.0. The van der Waals surface area contributed by atoms with Crippen molar-refractivity contribution in [1.82, 2.24) is 5.32 Å². The number of hydrogen-bond acceptors (Lipinski definition) is 4. The molecule has 18 heavy (non-hydrogen) atoms. The molecule has 0 atom stereocenters. The van der Waals surface area contributed by atoms with Crippen LogP contribution in [-0.2, 0) is 16.4 Å². The van der Waals surface area contributed by atoms with E-state index in [1.807, 2.05) is 18.2 Å². The van der Waals surface area contributed by atoms with Gasteiger partial charge in [0.2, 0.25) is 10.0 Å². The van der Waals surface area contributed by atoms with E-state index in [1.54, 1.807) is 6.07 Å². The number of benzene rings is 1. The molecule has 0 unspecified atom stereocenters. The molecule has 0 fully saturated rings. The van der Waals surface area contributed by atoms with Crippen molar-refractivity contribution >= 4 is 34.0 Å². The lowest BCUT2D eigenvalue weighted by Crippen LogP contribution is -2.20. The van der Waals surface area contributed by atoms with Gasteiger partial charge in [-0.2, -0.15) is 0 Å². The van der Waals surface area contributed by atoms with Gasteiger partial charge in [0.05, 0.1) is 12.8 Å². The second-order valence-corrected chi connectivity index (χ2v) is 5.76. The number of nitrogens with one attached hydrogen (secondary N) is 2. The first-order valence-electron chi connectivity index (χ1n) is 5.37. The zero-order chi connectivity index (χ0) is 12.3. The summed E-state index contributed by atoms with van der Waals surface area (Å²) in [5.74, 6) is 0.960. The van der Waals surface area contributed by atoms with Crippen LogP contribution in [0.15, 0.2) is 29.3 Å². The standard InChI is InChI=1S/C11H15N3O2S.ClH/c1-17(15,16)14-10-4-2-3-9(7-10)8-11-12-5-6-13-11;/h2-4,7,14H,5-6,8H2,1H3,(H,12,13);1H. The molecule has 5 nitrogen and oxygen atoms in total. The van der Waals surface area contributed by atoms with Crippen LogP contribution in [0.5, 0.6) is 0 Å². The lowest BCUT2D eigenvalue weighted by molar-refractivity contribution is 0.607. The Morgan fingerprint density at radius 1 is 1.44 bits per heavy atom. The molecule has 0 aliphatic carbocycles. The van der Waals surface area contributed by atoms with Gasteiger partial charge in [-0.05, 0) is 17.7 Å². The van der Waals surface area contributed by atoms with Gasteiger partial charge in [-0.25, -0.2) is 8.42 Å². The fourth-order valence-corrected chi connectivity index (χ4v) is 2.27. The van der Waals surface area contributed by atoms with Gasteiger partial charge in [-0.1, -0.05) is 12.1 Å². The van der Waals surface area contributed by atoms with E-state index < -0.39 is 10.0 Å². The highest BCUT2D eigenvalue weighted by Gasteiger charge is 2.07. The highest BCUT2D eigenvalue weighted by Crippen LogP contribution is 2.13. The first-order valence-corrected chi connectivity index (χ1v) is 7.26. The van der Waals surface area contributed by atoms with Gasteiger partial charge in [-0.15, -0.1) is 12.4 Å². The first-order chi connectivity index (χ1) is 8.03. The average molecular weight is 290 g/mol. The molecule has 1 aliphatic rings. The van der Waals surface area contributed by atoms with Crippen LogP contribution >= 0.6 is 12.4 Å². The Bertz CT molecular complexity index is 543. The predicted octanol–water partition coefficient (Wildman–Crippen LogP) is 1.02. The SMILES string of the molecule is CS(=O)(=O)Nc1cccc(CC2=NCCN2)c1.Cl. The number of halogens is 1. The summed E-state index contributed by atoms with van der Waals surface area (Å²) in [5, 5.41) is 3.18. The monoisotopic (exact) mass is 289 g/mol. The minimum atomic E-state index is -3.22. The fourth-order valence-electron chi connectivity index (χ4n) is 1.72. The van der Waals surface area contributed by atoms with Crippen LogP contribution in [-0.4, -0.2) is 33.6 Å². The van der Waals surface area contributed by atoms with Gasteiger partial charge in [0.1, 0.15) is 5.84 Å². The number of anilines is 1. The molecule has 0 amide bonds. The molecule has 2 rings (SSSR count). The molecule has 0 saturated heterocycles. The third kappa shape index (κ3) is 4.54. The molecule has 100 valence electrons. The van der Waals surface area contributed by atoms with Crippen LogP contribution in [0, 0.1) is 0 Å². The molecule has 1 heterocycles. The van der Waals surface area contributed by atoms with Gasteiger partial charge in [0, 0.05) is 18.7 Å². The highest BCUT2D eigenvalue weighted by molar-refractivity contribution is 7.92. The molecule has 2 N–H and O–H groups in total. The van der Waals surface area contributed by atoms with Crippen molar-refractivity contribution in [3.05, 3.63) is 29.8 Å². The topological polar surface area (TPSA) is 70.6 Å². The van der Waals surface area contributed by atoms with Crippen LogP contribution in [0.2, 0.25) is 0 Å². The van der Waals surface area contributed by atoms with E-state index in [2.05, 4.69) is 15.0 Å². The lowest BCUT2D eigenvalue weighted by Gasteiger charge is -2.07. The maximum absolute atomic E-state index is 11.1. The lowest BCUT2D eigenvalue weighted by atomic mass is 10.1. The number of aliphatic imine (C=N–C) groups is 1. The summed E-state index contributed by atoms with van der Waals surface area (Å²) in [5.41, 5.74) is 1.62. The van der Waals surface area contributed by atoms with Crippen molar-refractivity contribution in [3.63, 3.8) is 0 Å². The highest BCUT2D eigenvalue weighted by atomic mass is 35.5. The largest absolute Gasteiger partial charge is 0.372 e.